The topological polar surface area (TPSA) is 126 Å². The number of amides is 3. The van der Waals surface area contributed by atoms with Crippen molar-refractivity contribution in [3.63, 3.8) is 0 Å². The number of rotatable bonds is 11. The van der Waals surface area contributed by atoms with E-state index >= 15 is 0 Å². The predicted molar refractivity (Wildman–Crippen MR) is 132 cm³/mol. The van der Waals surface area contributed by atoms with Gasteiger partial charge in [-0.2, -0.15) is 0 Å². The summed E-state index contributed by atoms with van der Waals surface area (Å²) in [6.07, 6.45) is 7.74. The Kier molecular flexibility index (Phi) is 8.17. The van der Waals surface area contributed by atoms with E-state index in [1.165, 1.54) is 37.0 Å². The van der Waals surface area contributed by atoms with Gasteiger partial charge in [-0.05, 0) is 50.0 Å². The van der Waals surface area contributed by atoms with Gasteiger partial charge in [0.15, 0.2) is 5.13 Å². The first-order chi connectivity index (χ1) is 16.9. The van der Waals surface area contributed by atoms with Crippen molar-refractivity contribution in [3.8, 4) is 0 Å². The molecule has 4 rings (SSSR count). The Balaban J connectivity index is 1.27. The van der Waals surface area contributed by atoms with Gasteiger partial charge in [0.1, 0.15) is 18.3 Å². The Labute approximate surface area is 208 Å². The molecule has 2 aliphatic carbocycles. The lowest BCUT2D eigenvalue weighted by Gasteiger charge is -2.21. The largest absolute Gasteiger partial charge is 0.445 e. The van der Waals surface area contributed by atoms with Crippen LogP contribution in [0.1, 0.15) is 62.0 Å². The lowest BCUT2D eigenvalue weighted by molar-refractivity contribution is -0.124. The summed E-state index contributed by atoms with van der Waals surface area (Å²) in [5.74, 6) is -0.168. The number of nitrogens with zero attached hydrogens (tertiary/aromatic N) is 3. The minimum atomic E-state index is -0.869. The molecule has 1 atom stereocenters. The van der Waals surface area contributed by atoms with Crippen LogP contribution in [0.15, 0.2) is 29.9 Å². The highest BCUT2D eigenvalue weighted by Gasteiger charge is 2.35. The number of anilines is 1. The van der Waals surface area contributed by atoms with Crippen molar-refractivity contribution in [2.24, 2.45) is 11.8 Å². The van der Waals surface area contributed by atoms with Crippen molar-refractivity contribution in [2.45, 2.75) is 64.6 Å². The standard InChI is InChI=1S/C24H32N6O4S/c1-15(2)10-19(27-24(33)34-13-17-4-3-9-25-11-17)21(31)28-29-22(32)20-14-35-23(26-20)30(18-7-8-18)12-16-5-6-16/h3-4,9,11,14-16,18-19H,5-8,10,12-13H2,1-2H3,(H,27,33)(H,28,31)(H,29,32)/t19-/m0/s1. The molecule has 0 radical (unpaired) electrons. The molecule has 2 aromatic rings. The number of carbonyl (C=O) groups excluding carboxylic acids is 3. The van der Waals surface area contributed by atoms with E-state index in [1.54, 1.807) is 29.9 Å². The van der Waals surface area contributed by atoms with E-state index in [4.69, 9.17) is 4.74 Å². The van der Waals surface area contributed by atoms with E-state index in [0.29, 0.717) is 12.5 Å². The van der Waals surface area contributed by atoms with Gasteiger partial charge in [-0.15, -0.1) is 11.3 Å². The molecule has 2 aliphatic rings. The number of hydrogen-bond donors (Lipinski definition) is 3. The Morgan fingerprint density at radius 1 is 1.20 bits per heavy atom. The van der Waals surface area contributed by atoms with Crippen LogP contribution >= 0.6 is 11.3 Å². The van der Waals surface area contributed by atoms with Crippen LogP contribution in [-0.4, -0.2) is 46.5 Å². The van der Waals surface area contributed by atoms with Crippen LogP contribution < -0.4 is 21.1 Å². The minimum absolute atomic E-state index is 0.0389. The molecule has 0 aromatic carbocycles. The molecule has 0 saturated heterocycles. The Hall–Kier alpha value is -3.21. The van der Waals surface area contributed by atoms with Crippen LogP contribution in [0.2, 0.25) is 0 Å². The van der Waals surface area contributed by atoms with Crippen LogP contribution in [0.3, 0.4) is 0 Å². The van der Waals surface area contributed by atoms with Crippen LogP contribution in [0.4, 0.5) is 9.93 Å². The van der Waals surface area contributed by atoms with Crippen LogP contribution in [-0.2, 0) is 16.1 Å². The van der Waals surface area contributed by atoms with Gasteiger partial charge in [0.25, 0.3) is 11.8 Å². The van der Waals surface area contributed by atoms with Gasteiger partial charge >= 0.3 is 6.09 Å². The van der Waals surface area contributed by atoms with Gasteiger partial charge in [-0.3, -0.25) is 25.4 Å². The molecule has 3 amide bonds. The molecule has 0 aliphatic heterocycles. The second kappa shape index (κ2) is 11.5. The maximum atomic E-state index is 12.7. The molecule has 35 heavy (non-hydrogen) atoms. The van der Waals surface area contributed by atoms with E-state index in [0.717, 1.165) is 23.2 Å². The number of aromatic nitrogens is 2. The molecule has 2 fully saturated rings. The van der Waals surface area contributed by atoms with Gasteiger partial charge < -0.3 is 15.0 Å². The summed E-state index contributed by atoms with van der Waals surface area (Å²) in [5.41, 5.74) is 5.83. The Morgan fingerprint density at radius 3 is 2.66 bits per heavy atom. The molecule has 11 heteroatoms. The van der Waals surface area contributed by atoms with E-state index in [2.05, 4.69) is 31.0 Å². The van der Waals surface area contributed by atoms with Crippen molar-refractivity contribution >= 4 is 34.4 Å². The highest BCUT2D eigenvalue weighted by molar-refractivity contribution is 7.14. The van der Waals surface area contributed by atoms with E-state index in [9.17, 15) is 14.4 Å². The lowest BCUT2D eigenvalue weighted by atomic mass is 10.0. The van der Waals surface area contributed by atoms with Crippen LogP contribution in [0, 0.1) is 11.8 Å². The van der Waals surface area contributed by atoms with Gasteiger partial charge in [0.2, 0.25) is 0 Å². The maximum absolute atomic E-state index is 12.7. The average molecular weight is 501 g/mol. The molecule has 10 nitrogen and oxygen atoms in total. The zero-order valence-electron chi connectivity index (χ0n) is 20.0. The fourth-order valence-electron chi connectivity index (χ4n) is 3.64. The quantitative estimate of drug-likeness (QED) is 0.405. The number of pyridine rings is 1. The van der Waals surface area contributed by atoms with Crippen LogP contribution in [0.5, 0.6) is 0 Å². The Bertz CT molecular complexity index is 1020. The zero-order chi connectivity index (χ0) is 24.8. The number of thiazole rings is 1. The molecule has 2 aromatic heterocycles. The molecular formula is C24H32N6O4S. The number of carbonyl (C=O) groups is 3. The molecule has 2 saturated carbocycles. The number of hydrazine groups is 1. The van der Waals surface area contributed by atoms with E-state index in [1.807, 2.05) is 13.8 Å². The van der Waals surface area contributed by atoms with Crippen molar-refractivity contribution < 1.29 is 19.1 Å². The highest BCUT2D eigenvalue weighted by Crippen LogP contribution is 2.38. The van der Waals surface area contributed by atoms with Gasteiger partial charge in [-0.1, -0.05) is 19.9 Å². The summed E-state index contributed by atoms with van der Waals surface area (Å²) in [6.45, 7) is 4.91. The fraction of sp³-hybridized carbons (Fsp3) is 0.542. The minimum Gasteiger partial charge on any atom is -0.445 e. The summed E-state index contributed by atoms with van der Waals surface area (Å²) >= 11 is 1.45. The molecule has 188 valence electrons. The van der Waals surface area contributed by atoms with Gasteiger partial charge in [0.05, 0.1) is 0 Å². The monoisotopic (exact) mass is 500 g/mol. The summed E-state index contributed by atoms with van der Waals surface area (Å²) in [5, 5.41) is 5.14. The summed E-state index contributed by atoms with van der Waals surface area (Å²) in [4.78, 5) is 48.4. The fourth-order valence-corrected chi connectivity index (χ4v) is 4.52. The summed E-state index contributed by atoms with van der Waals surface area (Å²) in [7, 11) is 0. The molecule has 0 bridgehead atoms. The van der Waals surface area contributed by atoms with Crippen molar-refractivity contribution in [2.75, 3.05) is 11.4 Å². The molecule has 0 unspecified atom stereocenters. The van der Waals surface area contributed by atoms with Gasteiger partial charge in [-0.25, -0.2) is 9.78 Å². The molecule has 0 spiro atoms. The third kappa shape index (κ3) is 7.64. The van der Waals surface area contributed by atoms with Crippen molar-refractivity contribution in [3.05, 3.63) is 41.2 Å². The van der Waals surface area contributed by atoms with E-state index in [-0.39, 0.29) is 18.2 Å². The molecule has 2 heterocycles. The summed E-state index contributed by atoms with van der Waals surface area (Å²) < 4.78 is 5.20. The van der Waals surface area contributed by atoms with Crippen LogP contribution in [0.25, 0.3) is 0 Å². The number of ether oxygens (including phenoxy) is 1. The maximum Gasteiger partial charge on any atom is 0.408 e. The van der Waals surface area contributed by atoms with E-state index < -0.39 is 23.9 Å². The highest BCUT2D eigenvalue weighted by atomic mass is 32.1. The van der Waals surface area contributed by atoms with Gasteiger partial charge in [0, 0.05) is 35.9 Å². The zero-order valence-corrected chi connectivity index (χ0v) is 20.8. The Morgan fingerprint density at radius 2 is 2.00 bits per heavy atom. The first-order valence-corrected chi connectivity index (χ1v) is 12.9. The third-order valence-corrected chi connectivity index (χ3v) is 6.70. The normalized spacial score (nSPS) is 15.9. The third-order valence-electron chi connectivity index (χ3n) is 5.82. The number of hydrogen-bond acceptors (Lipinski definition) is 8. The second-order valence-electron chi connectivity index (χ2n) is 9.55. The number of alkyl carbamates (subject to hydrolysis) is 1. The predicted octanol–water partition coefficient (Wildman–Crippen LogP) is 3.02. The first kappa shape index (κ1) is 24.9. The van der Waals surface area contributed by atoms with Crippen molar-refractivity contribution in [1.29, 1.82) is 0 Å². The lowest BCUT2D eigenvalue weighted by Crippen LogP contribution is -2.52. The summed E-state index contributed by atoms with van der Waals surface area (Å²) in [6, 6.07) is 3.19. The first-order valence-electron chi connectivity index (χ1n) is 12.0. The van der Waals surface area contributed by atoms with Crippen molar-refractivity contribution in [1.82, 2.24) is 26.1 Å². The molecule has 3 N–H and O–H groups in total. The smallest absolute Gasteiger partial charge is 0.408 e. The second-order valence-corrected chi connectivity index (χ2v) is 10.4. The SMILES string of the molecule is CC(C)C[C@H](NC(=O)OCc1cccnc1)C(=O)NNC(=O)c1csc(N(CC2CC2)C2CC2)n1. The number of nitrogens with one attached hydrogen (secondary N) is 3. The molecular weight excluding hydrogens is 468 g/mol. The average Bonchev–Trinajstić information content (AvgIpc) is 3.78.